The van der Waals surface area contributed by atoms with Gasteiger partial charge in [0.15, 0.2) is 5.78 Å². The van der Waals surface area contributed by atoms with Crippen LogP contribution in [0.15, 0.2) is 36.5 Å². The second-order valence-corrected chi connectivity index (χ2v) is 5.21. The van der Waals surface area contributed by atoms with Gasteiger partial charge < -0.3 is 15.4 Å². The molecule has 2 aromatic rings. The number of halogens is 3. The number of aromatic nitrogens is 1. The lowest BCUT2D eigenvalue weighted by atomic mass is 10.1. The monoisotopic (exact) mass is 340 g/mol. The van der Waals surface area contributed by atoms with Crippen LogP contribution in [0.5, 0.6) is 0 Å². The number of aliphatic hydroxyl groups is 1. The van der Waals surface area contributed by atoms with Crippen LogP contribution in [0.25, 0.3) is 0 Å². The van der Waals surface area contributed by atoms with E-state index in [9.17, 15) is 27.9 Å². The molecule has 1 amide bonds. The molecule has 0 aliphatic carbocycles. The summed E-state index contributed by atoms with van der Waals surface area (Å²) in [4.78, 5) is 25.7. The molecule has 1 heterocycles. The van der Waals surface area contributed by atoms with Gasteiger partial charge in [-0.1, -0.05) is 12.1 Å². The van der Waals surface area contributed by atoms with Crippen molar-refractivity contribution < 1.29 is 27.9 Å². The largest absolute Gasteiger partial charge is 0.416 e. The van der Waals surface area contributed by atoms with E-state index in [0.717, 1.165) is 12.1 Å². The highest BCUT2D eigenvalue weighted by Gasteiger charge is 2.30. The van der Waals surface area contributed by atoms with Gasteiger partial charge in [0.2, 0.25) is 0 Å². The Morgan fingerprint density at radius 3 is 2.58 bits per heavy atom. The van der Waals surface area contributed by atoms with Gasteiger partial charge in [0, 0.05) is 18.3 Å². The van der Waals surface area contributed by atoms with Crippen molar-refractivity contribution in [2.24, 2.45) is 0 Å². The summed E-state index contributed by atoms with van der Waals surface area (Å²) in [6.07, 6.45) is -4.43. The standard InChI is InChI=1S/C16H15F3N2O3/c1-9(22)11-6-13(20-7-11)15(24)21-8-14(23)10-3-2-4-12(5-10)16(17,18)19/h2-7,14,20,23H,8H2,1H3,(H,21,24). The van der Waals surface area contributed by atoms with E-state index >= 15 is 0 Å². The first-order valence-corrected chi connectivity index (χ1v) is 7.01. The highest BCUT2D eigenvalue weighted by molar-refractivity contribution is 5.99. The smallest absolute Gasteiger partial charge is 0.387 e. The Morgan fingerprint density at radius 1 is 1.29 bits per heavy atom. The third-order valence-corrected chi connectivity index (χ3v) is 3.39. The number of hydrogen-bond acceptors (Lipinski definition) is 3. The molecule has 0 saturated heterocycles. The molecule has 5 nitrogen and oxygen atoms in total. The van der Waals surface area contributed by atoms with E-state index in [-0.39, 0.29) is 23.6 Å². The van der Waals surface area contributed by atoms with Gasteiger partial charge in [-0.3, -0.25) is 9.59 Å². The Hall–Kier alpha value is -2.61. The van der Waals surface area contributed by atoms with Gasteiger partial charge in [0.1, 0.15) is 5.69 Å². The number of H-pyrrole nitrogens is 1. The number of hydrogen-bond donors (Lipinski definition) is 3. The Bertz CT molecular complexity index is 753. The molecule has 3 N–H and O–H groups in total. The summed E-state index contributed by atoms with van der Waals surface area (Å²) in [5.41, 5.74) is -0.378. The van der Waals surface area contributed by atoms with Gasteiger partial charge in [0.05, 0.1) is 11.7 Å². The normalized spacial score (nSPS) is 12.7. The summed E-state index contributed by atoms with van der Waals surface area (Å²) in [5, 5.41) is 12.3. The molecule has 0 aliphatic heterocycles. The van der Waals surface area contributed by atoms with Gasteiger partial charge >= 0.3 is 6.18 Å². The topological polar surface area (TPSA) is 82.2 Å². The first-order valence-electron chi connectivity index (χ1n) is 7.01. The Labute approximate surface area is 135 Å². The fourth-order valence-electron chi connectivity index (χ4n) is 2.05. The third-order valence-electron chi connectivity index (χ3n) is 3.39. The van der Waals surface area contributed by atoms with Gasteiger partial charge in [-0.15, -0.1) is 0 Å². The molecule has 1 aromatic heterocycles. The molecule has 128 valence electrons. The molecular weight excluding hydrogens is 325 g/mol. The third kappa shape index (κ3) is 4.23. The van der Waals surface area contributed by atoms with Crippen molar-refractivity contribution in [1.29, 1.82) is 0 Å². The maximum atomic E-state index is 12.7. The van der Waals surface area contributed by atoms with Crippen LogP contribution in [0, 0.1) is 0 Å². The van der Waals surface area contributed by atoms with Crippen LogP contribution in [0.3, 0.4) is 0 Å². The number of Topliss-reactive ketones (excluding diaryl/α,β-unsaturated/α-hetero) is 1. The van der Waals surface area contributed by atoms with Crippen molar-refractivity contribution >= 4 is 11.7 Å². The minimum absolute atomic E-state index is 0.0426. The average Bonchev–Trinajstić information content (AvgIpc) is 3.02. The van der Waals surface area contributed by atoms with Crippen LogP contribution in [0.1, 0.15) is 45.0 Å². The number of alkyl halides is 3. The molecule has 0 saturated carbocycles. The summed E-state index contributed by atoms with van der Waals surface area (Å²) >= 11 is 0. The van der Waals surface area contributed by atoms with Crippen LogP contribution in [-0.4, -0.2) is 28.3 Å². The van der Waals surface area contributed by atoms with E-state index in [1.54, 1.807) is 0 Å². The van der Waals surface area contributed by atoms with Crippen molar-refractivity contribution in [3.05, 3.63) is 58.9 Å². The lowest BCUT2D eigenvalue weighted by Gasteiger charge is -2.14. The molecule has 2 rings (SSSR count). The minimum Gasteiger partial charge on any atom is -0.387 e. The molecule has 0 bridgehead atoms. The van der Waals surface area contributed by atoms with E-state index in [2.05, 4.69) is 10.3 Å². The number of carbonyl (C=O) groups is 2. The van der Waals surface area contributed by atoms with Crippen LogP contribution >= 0.6 is 0 Å². The maximum Gasteiger partial charge on any atom is 0.416 e. The summed E-state index contributed by atoms with van der Waals surface area (Å²) in [6.45, 7) is 1.08. The molecule has 0 radical (unpaired) electrons. The molecular formula is C16H15F3N2O3. The zero-order valence-corrected chi connectivity index (χ0v) is 12.6. The van der Waals surface area contributed by atoms with Crippen LogP contribution in [0.4, 0.5) is 13.2 Å². The summed E-state index contributed by atoms with van der Waals surface area (Å²) in [5.74, 6) is -0.789. The molecule has 1 unspecified atom stereocenters. The first kappa shape index (κ1) is 17.7. The Morgan fingerprint density at radius 2 is 2.00 bits per heavy atom. The Balaban J connectivity index is 2.01. The highest BCUT2D eigenvalue weighted by atomic mass is 19.4. The fraction of sp³-hybridized carbons (Fsp3) is 0.250. The van der Waals surface area contributed by atoms with Gasteiger partial charge in [-0.25, -0.2) is 0 Å². The summed E-state index contributed by atoms with van der Waals surface area (Å²) < 4.78 is 38.0. The van der Waals surface area contributed by atoms with E-state index in [0.29, 0.717) is 5.56 Å². The molecule has 0 fully saturated rings. The zero-order valence-electron chi connectivity index (χ0n) is 12.6. The second kappa shape index (κ2) is 6.88. The average molecular weight is 340 g/mol. The predicted molar refractivity (Wildman–Crippen MR) is 79.5 cm³/mol. The number of aliphatic hydroxyl groups excluding tert-OH is 1. The quantitative estimate of drug-likeness (QED) is 0.732. The van der Waals surface area contributed by atoms with Gasteiger partial charge in [0.25, 0.3) is 5.91 Å². The van der Waals surface area contributed by atoms with Crippen molar-refractivity contribution in [3.8, 4) is 0 Å². The number of benzene rings is 1. The van der Waals surface area contributed by atoms with Crippen molar-refractivity contribution in [1.82, 2.24) is 10.3 Å². The van der Waals surface area contributed by atoms with Crippen molar-refractivity contribution in [3.63, 3.8) is 0 Å². The minimum atomic E-state index is -4.51. The van der Waals surface area contributed by atoms with Crippen LogP contribution in [-0.2, 0) is 6.18 Å². The van der Waals surface area contributed by atoms with Crippen molar-refractivity contribution in [2.75, 3.05) is 6.54 Å². The van der Waals surface area contributed by atoms with Crippen molar-refractivity contribution in [2.45, 2.75) is 19.2 Å². The summed E-state index contributed by atoms with van der Waals surface area (Å²) in [6, 6.07) is 5.62. The Kier molecular flexibility index (Phi) is 5.08. The highest BCUT2D eigenvalue weighted by Crippen LogP contribution is 2.30. The van der Waals surface area contributed by atoms with E-state index in [1.165, 1.54) is 31.3 Å². The zero-order chi connectivity index (χ0) is 17.9. The molecule has 24 heavy (non-hydrogen) atoms. The van der Waals surface area contributed by atoms with E-state index < -0.39 is 23.8 Å². The number of nitrogens with one attached hydrogen (secondary N) is 2. The lowest BCUT2D eigenvalue weighted by molar-refractivity contribution is -0.137. The molecule has 0 spiro atoms. The molecule has 8 heteroatoms. The summed E-state index contributed by atoms with van der Waals surface area (Å²) in [7, 11) is 0. The van der Waals surface area contributed by atoms with Crippen LogP contribution < -0.4 is 5.32 Å². The molecule has 1 atom stereocenters. The van der Waals surface area contributed by atoms with E-state index in [1.807, 2.05) is 0 Å². The number of carbonyl (C=O) groups excluding carboxylic acids is 2. The second-order valence-electron chi connectivity index (χ2n) is 5.21. The number of aromatic amines is 1. The lowest BCUT2D eigenvalue weighted by Crippen LogP contribution is -2.28. The maximum absolute atomic E-state index is 12.7. The number of ketones is 1. The van der Waals surface area contributed by atoms with Gasteiger partial charge in [-0.05, 0) is 30.7 Å². The van der Waals surface area contributed by atoms with Crippen LogP contribution in [0.2, 0.25) is 0 Å². The number of rotatable bonds is 5. The predicted octanol–water partition coefficient (Wildman–Crippen LogP) is 2.70. The first-order chi connectivity index (χ1) is 11.2. The fourth-order valence-corrected chi connectivity index (χ4v) is 2.05. The SMILES string of the molecule is CC(=O)c1c[nH]c(C(=O)NCC(O)c2cccc(C(F)(F)F)c2)c1. The number of amides is 1. The van der Waals surface area contributed by atoms with E-state index in [4.69, 9.17) is 0 Å². The van der Waals surface area contributed by atoms with Gasteiger partial charge in [-0.2, -0.15) is 13.2 Å². The molecule has 1 aromatic carbocycles. The molecule has 0 aliphatic rings.